The van der Waals surface area contributed by atoms with Gasteiger partial charge in [-0.3, -0.25) is 24.5 Å². The number of nitrogens with one attached hydrogen (secondary N) is 2. The summed E-state index contributed by atoms with van der Waals surface area (Å²) in [6, 6.07) is 39.3. The minimum absolute atomic E-state index is 0.0274. The number of nitrogens with zero attached hydrogens (tertiary/aromatic N) is 6. The fourth-order valence-corrected chi connectivity index (χ4v) is 14.1. The Morgan fingerprint density at radius 2 is 1.32 bits per heavy atom. The third-order valence-corrected chi connectivity index (χ3v) is 20.0. The maximum Gasteiger partial charge on any atom is 0.416 e. The number of carbonyl (C=O) groups excluding carboxylic acids is 5. The zero-order valence-electron chi connectivity index (χ0n) is 56.7. The lowest BCUT2D eigenvalue weighted by molar-refractivity contribution is -0.143. The molecular weight excluding hydrogens is 1290 g/mol. The molecule has 0 bridgehead atoms. The van der Waals surface area contributed by atoms with E-state index in [9.17, 15) is 54.7 Å². The summed E-state index contributed by atoms with van der Waals surface area (Å²) in [7, 11) is 3.58. The Hall–Kier alpha value is -8.38. The Morgan fingerprint density at radius 1 is 0.677 bits per heavy atom. The summed E-state index contributed by atoms with van der Waals surface area (Å²) in [6.45, 7) is 9.25. The van der Waals surface area contributed by atoms with Gasteiger partial charge in [-0.2, -0.15) is 26.3 Å². The molecule has 3 heterocycles. The second-order valence-electron chi connectivity index (χ2n) is 26.9. The van der Waals surface area contributed by atoms with E-state index in [1.165, 1.54) is 24.3 Å². The number of alkyl halides is 6. The van der Waals surface area contributed by atoms with E-state index in [-0.39, 0.29) is 61.6 Å². The van der Waals surface area contributed by atoms with Gasteiger partial charge in [0, 0.05) is 107 Å². The van der Waals surface area contributed by atoms with Crippen LogP contribution >= 0.6 is 0 Å². The number of likely N-dealkylation sites (N-methyl/N-ethyl adjacent to an activating group) is 2. The molecule has 2 atom stereocenters. The van der Waals surface area contributed by atoms with Gasteiger partial charge in [0.25, 0.3) is 11.8 Å². The molecule has 2 N–H and O–H groups in total. The van der Waals surface area contributed by atoms with Gasteiger partial charge in [0.05, 0.1) is 29.5 Å². The Bertz CT molecular complexity index is 3680. The molecule has 0 saturated carbocycles. The molecule has 16 nitrogen and oxygen atoms in total. The number of benzene rings is 6. The van der Waals surface area contributed by atoms with E-state index in [1.54, 1.807) is 21.7 Å². The van der Waals surface area contributed by atoms with Crippen LogP contribution in [0.15, 0.2) is 146 Å². The van der Waals surface area contributed by atoms with Crippen LogP contribution in [-0.2, 0) is 53.6 Å². The number of likely N-dealkylation sites (tertiary alicyclic amines) is 2. The average molecular weight is 1380 g/mol. The molecular formula is C76H89F7N8O8. The molecule has 6 aromatic carbocycles. The van der Waals surface area contributed by atoms with Gasteiger partial charge in [0.15, 0.2) is 0 Å². The molecule has 4 aliphatic rings. The second kappa shape index (κ2) is 32.7. The number of anilines is 2. The molecule has 0 aromatic heterocycles. The lowest BCUT2D eigenvalue weighted by Gasteiger charge is -2.44. The largest absolute Gasteiger partial charge is 0.446 e. The van der Waals surface area contributed by atoms with E-state index >= 15 is 0 Å². The van der Waals surface area contributed by atoms with Gasteiger partial charge < -0.3 is 48.9 Å². The van der Waals surface area contributed by atoms with Gasteiger partial charge in [0.1, 0.15) is 30.9 Å². The van der Waals surface area contributed by atoms with Crippen molar-refractivity contribution in [1.82, 2.24) is 29.4 Å². The third kappa shape index (κ3) is 18.7. The molecule has 1 aliphatic carbocycles. The molecule has 0 radical (unpaired) electrons. The van der Waals surface area contributed by atoms with Crippen molar-refractivity contribution < 1.29 is 68.9 Å². The van der Waals surface area contributed by atoms with Crippen LogP contribution in [0.5, 0.6) is 0 Å². The molecule has 10 rings (SSSR count). The molecule has 99 heavy (non-hydrogen) atoms. The van der Waals surface area contributed by atoms with E-state index in [0.717, 1.165) is 84.6 Å². The monoisotopic (exact) mass is 1370 g/mol. The zero-order chi connectivity index (χ0) is 70.5. The minimum Gasteiger partial charge on any atom is -0.446 e. The van der Waals surface area contributed by atoms with Gasteiger partial charge >= 0.3 is 18.4 Å². The summed E-state index contributed by atoms with van der Waals surface area (Å²) < 4.78 is 116. The second-order valence-corrected chi connectivity index (χ2v) is 26.9. The molecule has 3 aliphatic heterocycles. The summed E-state index contributed by atoms with van der Waals surface area (Å²) in [5.41, 5.74) is 1.20. The van der Waals surface area contributed by atoms with Crippen LogP contribution in [0.3, 0.4) is 0 Å². The summed E-state index contributed by atoms with van der Waals surface area (Å²) in [5, 5.41) is 6.37. The van der Waals surface area contributed by atoms with Crippen molar-refractivity contribution in [2.24, 2.45) is 0 Å². The zero-order valence-corrected chi connectivity index (χ0v) is 56.7. The van der Waals surface area contributed by atoms with Crippen molar-refractivity contribution in [3.05, 3.63) is 190 Å². The normalized spacial score (nSPS) is 18.1. The Labute approximate surface area is 574 Å². The highest BCUT2D eigenvalue weighted by molar-refractivity contribution is 5.96. The Morgan fingerprint density at radius 3 is 2.01 bits per heavy atom. The van der Waals surface area contributed by atoms with Crippen LogP contribution < -0.4 is 10.6 Å². The highest BCUT2D eigenvalue weighted by Crippen LogP contribution is 2.49. The van der Waals surface area contributed by atoms with Crippen molar-refractivity contribution in [3.63, 3.8) is 0 Å². The maximum absolute atomic E-state index is 14.3. The summed E-state index contributed by atoms with van der Waals surface area (Å²) in [5.74, 6) is -1.79. The number of carbonyl (C=O) groups is 5. The molecule has 1 spiro atoms. The number of ether oxygens (including phenoxy) is 3. The quantitative estimate of drug-likeness (QED) is 0.0374. The lowest BCUT2D eigenvalue weighted by atomic mass is 9.72. The highest BCUT2D eigenvalue weighted by Gasteiger charge is 2.50. The van der Waals surface area contributed by atoms with Gasteiger partial charge in [0.2, 0.25) is 11.8 Å². The van der Waals surface area contributed by atoms with E-state index in [0.29, 0.717) is 107 Å². The number of unbranched alkanes of at least 4 members (excludes halogenated alkanes) is 2. The predicted octanol–water partition coefficient (Wildman–Crippen LogP) is 13.8. The number of hydrogen-bond donors (Lipinski definition) is 2. The van der Waals surface area contributed by atoms with Crippen molar-refractivity contribution in [3.8, 4) is 11.1 Å². The van der Waals surface area contributed by atoms with E-state index < -0.39 is 64.6 Å². The number of hydrogen-bond acceptors (Lipinski definition) is 11. The standard InChI is InChI=1S/C76H89F7N8O8/c1-53(2)91(71(95)55-23-29-62(30-24-55)84-36-14-6-9-22-68(92)87(4)44-45-88-39-31-63(32-40-88)99-72(96)85-66-21-13-11-19-64(66)54-16-7-5-8-17-54)38-15-37-86(3)69(93)50-97-67-48-56-18-10-12-20-65(56)73(67)33-41-89(42-34-73)43-35-74(58-25-27-61(77)28-26-58)51-90(52-98-74)70(94)57-46-59(75(78,79)80)49-60(47-57)76(81,82)83/h5,7-8,10-13,16-21,23-30,46-47,49,53,63,67,84H,6,9,14-15,22,31-45,48,50-52H2,1-4H3,(H,85,96)/t67-,74-/m0/s1. The SMILES string of the molecule is CC(C)N(CCCN(C)C(=O)CO[C@H]1Cc2ccccc2C12CCN(CC[C@@]1(c3ccc(F)cc3)CN(C(=O)c3cc(C(F)(F)F)cc(C(F)(F)F)c3)CO1)CC2)C(=O)c1ccc(NCCCCCC(=O)N(C)CCN2CCC(OC(=O)Nc3ccccc3-c3ccccc3)CC2)cc1. The molecule has 6 aromatic rings. The van der Waals surface area contributed by atoms with Crippen LogP contribution in [-0.4, -0.2) is 177 Å². The third-order valence-electron chi connectivity index (χ3n) is 20.0. The number of amides is 5. The van der Waals surface area contributed by atoms with Crippen LogP contribution in [0.2, 0.25) is 0 Å². The number of piperidine rings is 2. The first kappa shape index (κ1) is 73.3. The predicted molar refractivity (Wildman–Crippen MR) is 364 cm³/mol. The number of para-hydroxylation sites is 1. The maximum atomic E-state index is 14.3. The number of halogens is 7. The fraction of sp³-hybridized carbons (Fsp3) is 0.461. The first-order valence-corrected chi connectivity index (χ1v) is 34.3. The van der Waals surface area contributed by atoms with Gasteiger partial charge in [-0.15, -0.1) is 0 Å². The smallest absolute Gasteiger partial charge is 0.416 e. The Balaban J connectivity index is 0.618. The van der Waals surface area contributed by atoms with Crippen LogP contribution in [0.1, 0.15) is 127 Å². The fourth-order valence-electron chi connectivity index (χ4n) is 14.1. The highest BCUT2D eigenvalue weighted by atomic mass is 19.4. The molecule has 0 unspecified atom stereocenters. The summed E-state index contributed by atoms with van der Waals surface area (Å²) in [4.78, 5) is 78.2. The topological polar surface area (TPSA) is 157 Å². The first-order chi connectivity index (χ1) is 47.4. The molecule has 530 valence electrons. The van der Waals surface area contributed by atoms with Crippen LogP contribution in [0.25, 0.3) is 11.1 Å². The van der Waals surface area contributed by atoms with Crippen LogP contribution in [0, 0.1) is 5.82 Å². The van der Waals surface area contributed by atoms with E-state index in [1.807, 2.05) is 112 Å². The van der Waals surface area contributed by atoms with Gasteiger partial charge in [-0.1, -0.05) is 91.3 Å². The first-order valence-electron chi connectivity index (χ1n) is 34.3. The van der Waals surface area contributed by atoms with Crippen molar-refractivity contribution in [2.75, 3.05) is 110 Å². The van der Waals surface area contributed by atoms with Gasteiger partial charge in [-0.25, -0.2) is 9.18 Å². The minimum atomic E-state index is -5.15. The summed E-state index contributed by atoms with van der Waals surface area (Å²) in [6.07, 6.45) is -4.04. The molecule has 23 heteroatoms. The number of fused-ring (bicyclic) bond motifs is 2. The molecule has 3 fully saturated rings. The Kier molecular flexibility index (Phi) is 24.3. The van der Waals surface area contributed by atoms with Gasteiger partial charge in [-0.05, 0) is 168 Å². The number of rotatable bonds is 27. The van der Waals surface area contributed by atoms with E-state index in [2.05, 4.69) is 32.6 Å². The van der Waals surface area contributed by atoms with Crippen molar-refractivity contribution in [1.29, 1.82) is 0 Å². The van der Waals surface area contributed by atoms with Crippen LogP contribution in [0.4, 0.5) is 46.9 Å². The lowest BCUT2D eigenvalue weighted by Crippen LogP contribution is -2.50. The molecule has 5 amide bonds. The average Bonchev–Trinajstić information content (AvgIpc) is 1.66. The molecule has 3 saturated heterocycles. The van der Waals surface area contributed by atoms with Crippen molar-refractivity contribution in [2.45, 2.75) is 126 Å². The summed E-state index contributed by atoms with van der Waals surface area (Å²) >= 11 is 0. The van der Waals surface area contributed by atoms with E-state index in [4.69, 9.17) is 14.2 Å². The van der Waals surface area contributed by atoms with Crippen molar-refractivity contribution >= 4 is 41.1 Å².